The third-order valence-corrected chi connectivity index (χ3v) is 5.52. The normalized spacial score (nSPS) is 16.5. The molecular formula is C23H21N3O. The summed E-state index contributed by atoms with van der Waals surface area (Å²) in [5, 5.41) is 7.18. The highest BCUT2D eigenvalue weighted by Crippen LogP contribution is 2.32. The molecule has 0 fully saturated rings. The zero-order valence-corrected chi connectivity index (χ0v) is 15.4. The maximum atomic E-state index is 5.24. The van der Waals surface area contributed by atoms with Gasteiger partial charge in [0.1, 0.15) is 5.75 Å². The molecule has 0 saturated heterocycles. The molecule has 1 atom stereocenters. The number of aromatic nitrogens is 1. The summed E-state index contributed by atoms with van der Waals surface area (Å²) < 4.78 is 7.50. The molecule has 4 nitrogen and oxygen atoms in total. The summed E-state index contributed by atoms with van der Waals surface area (Å²) in [6.07, 6.45) is 0.878. The van der Waals surface area contributed by atoms with Crippen LogP contribution in [0.1, 0.15) is 23.6 Å². The topological polar surface area (TPSA) is 38.5 Å². The molecule has 134 valence electrons. The highest BCUT2D eigenvalue weighted by Gasteiger charge is 2.22. The zero-order chi connectivity index (χ0) is 18.4. The van der Waals surface area contributed by atoms with E-state index in [0.717, 1.165) is 23.4 Å². The fraction of sp³-hybridized carbons (Fsp3) is 0.174. The summed E-state index contributed by atoms with van der Waals surface area (Å²) in [5.74, 6) is 0.864. The lowest BCUT2D eigenvalue weighted by molar-refractivity contribution is 0.415. The molecular weight excluding hydrogens is 334 g/mol. The maximum Gasteiger partial charge on any atom is 0.118 e. The van der Waals surface area contributed by atoms with Crippen molar-refractivity contribution in [1.82, 2.24) is 9.99 Å². The van der Waals surface area contributed by atoms with Crippen molar-refractivity contribution in [3.05, 3.63) is 77.9 Å². The largest absolute Gasteiger partial charge is 0.497 e. The van der Waals surface area contributed by atoms with Crippen molar-refractivity contribution < 1.29 is 4.74 Å². The standard InChI is InChI=1S/C23H21N3O/c1-26-22-6-4-3-5-18(22)19-13-16(9-12-23(19)26)21-14-20(24-25-21)15-7-10-17(27-2)11-8-15/h3-13,21,25H,14H2,1-2H3. The molecule has 4 aromatic rings. The summed E-state index contributed by atoms with van der Waals surface area (Å²) in [5.41, 5.74) is 9.33. The smallest absolute Gasteiger partial charge is 0.118 e. The Balaban J connectivity index is 1.47. The number of hydrazone groups is 1. The molecule has 1 aliphatic heterocycles. The molecule has 5 rings (SSSR count). The van der Waals surface area contributed by atoms with E-state index >= 15 is 0 Å². The van der Waals surface area contributed by atoms with E-state index in [1.807, 2.05) is 12.1 Å². The highest BCUT2D eigenvalue weighted by molar-refractivity contribution is 6.08. The number of fused-ring (bicyclic) bond motifs is 3. The van der Waals surface area contributed by atoms with E-state index in [2.05, 4.69) is 76.7 Å². The van der Waals surface area contributed by atoms with Crippen LogP contribution in [0.25, 0.3) is 21.8 Å². The molecule has 0 spiro atoms. The van der Waals surface area contributed by atoms with Crippen molar-refractivity contribution in [2.24, 2.45) is 12.1 Å². The molecule has 4 heteroatoms. The van der Waals surface area contributed by atoms with Gasteiger partial charge in [-0.15, -0.1) is 0 Å². The lowest BCUT2D eigenvalue weighted by Crippen LogP contribution is -2.09. The SMILES string of the molecule is COc1ccc(C2=NNC(c3ccc4c(c3)c3ccccc3n4C)C2)cc1. The third-order valence-electron chi connectivity index (χ3n) is 5.52. The van der Waals surface area contributed by atoms with Gasteiger partial charge in [-0.1, -0.05) is 24.3 Å². The van der Waals surface area contributed by atoms with E-state index in [4.69, 9.17) is 4.74 Å². The molecule has 0 saturated carbocycles. The van der Waals surface area contributed by atoms with Crippen LogP contribution in [-0.4, -0.2) is 17.4 Å². The summed E-state index contributed by atoms with van der Waals surface area (Å²) in [7, 11) is 3.81. The lowest BCUT2D eigenvalue weighted by Gasteiger charge is -2.11. The van der Waals surface area contributed by atoms with Crippen LogP contribution in [0.2, 0.25) is 0 Å². The molecule has 1 N–H and O–H groups in total. The number of nitrogens with one attached hydrogen (secondary N) is 1. The first-order valence-electron chi connectivity index (χ1n) is 9.18. The Hall–Kier alpha value is -3.27. The number of aryl methyl sites for hydroxylation is 1. The number of methoxy groups -OCH3 is 1. The Labute approximate surface area is 158 Å². The van der Waals surface area contributed by atoms with Crippen LogP contribution in [-0.2, 0) is 7.05 Å². The van der Waals surface area contributed by atoms with Gasteiger partial charge in [-0.05, 0) is 53.6 Å². The third kappa shape index (κ3) is 2.56. The minimum absolute atomic E-state index is 0.200. The lowest BCUT2D eigenvalue weighted by atomic mass is 9.97. The van der Waals surface area contributed by atoms with Crippen LogP contribution in [0.3, 0.4) is 0 Å². The Morgan fingerprint density at radius 3 is 2.56 bits per heavy atom. The van der Waals surface area contributed by atoms with Crippen LogP contribution in [0.15, 0.2) is 71.8 Å². The van der Waals surface area contributed by atoms with Gasteiger partial charge in [-0.3, -0.25) is 0 Å². The fourth-order valence-corrected chi connectivity index (χ4v) is 4.00. The van der Waals surface area contributed by atoms with Crippen molar-refractivity contribution in [3.8, 4) is 5.75 Å². The highest BCUT2D eigenvalue weighted by atomic mass is 16.5. The number of rotatable bonds is 3. The predicted octanol–water partition coefficient (Wildman–Crippen LogP) is 4.78. The summed E-state index contributed by atoms with van der Waals surface area (Å²) in [4.78, 5) is 0. The molecule has 1 unspecified atom stereocenters. The van der Waals surface area contributed by atoms with E-state index in [-0.39, 0.29) is 6.04 Å². The van der Waals surface area contributed by atoms with Gasteiger partial charge >= 0.3 is 0 Å². The van der Waals surface area contributed by atoms with Crippen molar-refractivity contribution in [3.63, 3.8) is 0 Å². The van der Waals surface area contributed by atoms with Crippen molar-refractivity contribution in [2.75, 3.05) is 7.11 Å². The molecule has 1 aromatic heterocycles. The second kappa shape index (κ2) is 6.16. The van der Waals surface area contributed by atoms with E-state index < -0.39 is 0 Å². The predicted molar refractivity (Wildman–Crippen MR) is 110 cm³/mol. The van der Waals surface area contributed by atoms with Crippen molar-refractivity contribution >= 4 is 27.5 Å². The van der Waals surface area contributed by atoms with E-state index in [0.29, 0.717) is 0 Å². The van der Waals surface area contributed by atoms with Gasteiger partial charge in [0.2, 0.25) is 0 Å². The fourth-order valence-electron chi connectivity index (χ4n) is 4.00. The first-order chi connectivity index (χ1) is 13.2. The first kappa shape index (κ1) is 15.9. The minimum atomic E-state index is 0.200. The van der Waals surface area contributed by atoms with Crippen LogP contribution >= 0.6 is 0 Å². The van der Waals surface area contributed by atoms with E-state index in [9.17, 15) is 0 Å². The van der Waals surface area contributed by atoms with Crippen LogP contribution in [0, 0.1) is 0 Å². The maximum absolute atomic E-state index is 5.24. The number of ether oxygens (including phenoxy) is 1. The zero-order valence-electron chi connectivity index (χ0n) is 15.4. The Bertz CT molecular complexity index is 1170. The number of hydrogen-bond acceptors (Lipinski definition) is 3. The van der Waals surface area contributed by atoms with Crippen LogP contribution in [0.4, 0.5) is 0 Å². The molecule has 1 aliphatic rings. The summed E-state index contributed by atoms with van der Waals surface area (Å²) >= 11 is 0. The van der Waals surface area contributed by atoms with Gasteiger partial charge in [0, 0.05) is 35.3 Å². The van der Waals surface area contributed by atoms with E-state index in [1.54, 1.807) is 7.11 Å². The molecule has 0 bridgehead atoms. The van der Waals surface area contributed by atoms with Gasteiger partial charge in [-0.2, -0.15) is 5.10 Å². The molecule has 0 radical (unpaired) electrons. The Morgan fingerprint density at radius 2 is 1.74 bits per heavy atom. The summed E-state index contributed by atoms with van der Waals surface area (Å²) in [6.45, 7) is 0. The molecule has 0 amide bonds. The molecule has 0 aliphatic carbocycles. The Kier molecular flexibility index (Phi) is 3.64. The number of benzene rings is 3. The number of hydrogen-bond donors (Lipinski definition) is 1. The second-order valence-corrected chi connectivity index (χ2v) is 7.03. The van der Waals surface area contributed by atoms with Gasteiger partial charge in [0.05, 0.1) is 18.9 Å². The van der Waals surface area contributed by atoms with Gasteiger partial charge < -0.3 is 14.7 Å². The first-order valence-corrected chi connectivity index (χ1v) is 9.18. The van der Waals surface area contributed by atoms with Crippen molar-refractivity contribution in [1.29, 1.82) is 0 Å². The monoisotopic (exact) mass is 355 g/mol. The molecule has 27 heavy (non-hydrogen) atoms. The van der Waals surface area contributed by atoms with E-state index in [1.165, 1.54) is 27.4 Å². The van der Waals surface area contributed by atoms with Gasteiger partial charge in [-0.25, -0.2) is 0 Å². The second-order valence-electron chi connectivity index (χ2n) is 7.03. The number of para-hydroxylation sites is 1. The summed E-state index contributed by atoms with van der Waals surface area (Å²) in [6, 6.07) is 23.6. The average Bonchev–Trinajstić information content (AvgIpc) is 3.32. The molecule has 2 heterocycles. The average molecular weight is 355 g/mol. The van der Waals surface area contributed by atoms with Crippen LogP contribution < -0.4 is 10.2 Å². The molecule has 3 aromatic carbocycles. The minimum Gasteiger partial charge on any atom is -0.497 e. The van der Waals surface area contributed by atoms with Gasteiger partial charge in [0.15, 0.2) is 0 Å². The van der Waals surface area contributed by atoms with Gasteiger partial charge in [0.25, 0.3) is 0 Å². The van der Waals surface area contributed by atoms with Crippen LogP contribution in [0.5, 0.6) is 5.75 Å². The Morgan fingerprint density at radius 1 is 0.963 bits per heavy atom. The van der Waals surface area contributed by atoms with Crippen molar-refractivity contribution in [2.45, 2.75) is 12.5 Å². The quantitative estimate of drug-likeness (QED) is 0.574. The number of nitrogens with zero attached hydrogens (tertiary/aromatic N) is 2.